The van der Waals surface area contributed by atoms with E-state index in [9.17, 15) is 4.79 Å². The first-order valence-electron chi connectivity index (χ1n) is 6.47. The Morgan fingerprint density at radius 1 is 1.25 bits per heavy atom. The van der Waals surface area contributed by atoms with Gasteiger partial charge in [-0.25, -0.2) is 0 Å². The molecule has 0 bridgehead atoms. The van der Waals surface area contributed by atoms with Crippen LogP contribution in [0.25, 0.3) is 0 Å². The van der Waals surface area contributed by atoms with Crippen molar-refractivity contribution in [1.29, 1.82) is 0 Å². The van der Waals surface area contributed by atoms with E-state index in [2.05, 4.69) is 31.3 Å². The number of rotatable bonds is 5. The third-order valence-electron chi connectivity index (χ3n) is 2.71. The van der Waals surface area contributed by atoms with Crippen molar-refractivity contribution in [3.63, 3.8) is 0 Å². The number of nitrogens with one attached hydrogen (secondary N) is 3. The Hall–Kier alpha value is -2.44. The normalized spacial score (nSPS) is 12.2. The number of anilines is 1. The molecule has 0 saturated carbocycles. The van der Waals surface area contributed by atoms with E-state index in [0.717, 1.165) is 5.69 Å². The average molecular weight is 274 g/mol. The molecule has 1 amide bonds. The number of aromatic nitrogens is 4. The Bertz CT molecular complexity index is 566. The van der Waals surface area contributed by atoms with Crippen LogP contribution in [0.3, 0.4) is 0 Å². The fraction of sp³-hybridized carbons (Fsp3) is 0.385. The van der Waals surface area contributed by atoms with Crippen LogP contribution in [0.2, 0.25) is 0 Å². The molecule has 20 heavy (non-hydrogen) atoms. The first-order chi connectivity index (χ1) is 9.58. The SMILES string of the molecule is CC(C)Nc1ccccc1C(=O)NC(C)c1nn[nH]n1. The van der Waals surface area contributed by atoms with Gasteiger partial charge in [0.25, 0.3) is 5.91 Å². The molecule has 1 unspecified atom stereocenters. The number of aromatic amines is 1. The molecule has 0 fully saturated rings. The lowest BCUT2D eigenvalue weighted by Crippen LogP contribution is -2.28. The summed E-state index contributed by atoms with van der Waals surface area (Å²) in [5, 5.41) is 19.7. The molecular formula is C13H18N6O. The van der Waals surface area contributed by atoms with E-state index >= 15 is 0 Å². The lowest BCUT2D eigenvalue weighted by Gasteiger charge is -2.16. The summed E-state index contributed by atoms with van der Waals surface area (Å²) >= 11 is 0. The molecule has 2 aromatic rings. The van der Waals surface area contributed by atoms with E-state index in [1.807, 2.05) is 32.0 Å². The number of hydrogen-bond donors (Lipinski definition) is 3. The molecule has 0 radical (unpaired) electrons. The molecule has 7 heteroatoms. The van der Waals surface area contributed by atoms with Gasteiger partial charge in [0.2, 0.25) is 0 Å². The summed E-state index contributed by atoms with van der Waals surface area (Å²) in [6.07, 6.45) is 0. The largest absolute Gasteiger partial charge is 0.382 e. The number of carbonyl (C=O) groups is 1. The Labute approximate surface area is 117 Å². The van der Waals surface area contributed by atoms with Crippen LogP contribution in [-0.4, -0.2) is 32.6 Å². The molecule has 0 saturated heterocycles. The van der Waals surface area contributed by atoms with Crippen LogP contribution in [0.15, 0.2) is 24.3 Å². The van der Waals surface area contributed by atoms with Gasteiger partial charge in [-0.2, -0.15) is 5.21 Å². The third kappa shape index (κ3) is 3.31. The topological polar surface area (TPSA) is 95.6 Å². The molecular weight excluding hydrogens is 256 g/mol. The van der Waals surface area contributed by atoms with Gasteiger partial charge in [0.15, 0.2) is 5.82 Å². The number of tetrazole rings is 1. The van der Waals surface area contributed by atoms with Gasteiger partial charge in [-0.05, 0) is 32.9 Å². The maximum absolute atomic E-state index is 12.3. The minimum atomic E-state index is -0.312. The molecule has 106 valence electrons. The molecule has 2 rings (SSSR count). The Morgan fingerprint density at radius 2 is 2.00 bits per heavy atom. The van der Waals surface area contributed by atoms with Crippen LogP contribution in [-0.2, 0) is 0 Å². The highest BCUT2D eigenvalue weighted by Crippen LogP contribution is 2.17. The van der Waals surface area contributed by atoms with Crippen LogP contribution in [0.5, 0.6) is 0 Å². The van der Waals surface area contributed by atoms with Crippen molar-refractivity contribution in [2.45, 2.75) is 32.9 Å². The number of carbonyl (C=O) groups excluding carboxylic acids is 1. The molecule has 0 aliphatic heterocycles. The standard InChI is InChI=1S/C13H18N6O/c1-8(2)14-11-7-5-4-6-10(11)13(20)15-9(3)12-16-18-19-17-12/h4-9,14H,1-3H3,(H,15,20)(H,16,17,18,19). The molecule has 0 aliphatic rings. The van der Waals surface area contributed by atoms with Crippen molar-refractivity contribution in [1.82, 2.24) is 25.9 Å². The molecule has 0 spiro atoms. The zero-order valence-corrected chi connectivity index (χ0v) is 11.7. The van der Waals surface area contributed by atoms with Crippen LogP contribution >= 0.6 is 0 Å². The van der Waals surface area contributed by atoms with Gasteiger partial charge >= 0.3 is 0 Å². The number of H-pyrrole nitrogens is 1. The number of hydrogen-bond acceptors (Lipinski definition) is 5. The minimum absolute atomic E-state index is 0.175. The quantitative estimate of drug-likeness (QED) is 0.768. The summed E-state index contributed by atoms with van der Waals surface area (Å²) in [4.78, 5) is 12.3. The number of para-hydroxylation sites is 1. The second kappa shape index (κ2) is 6.14. The minimum Gasteiger partial charge on any atom is -0.382 e. The summed E-state index contributed by atoms with van der Waals surface area (Å²) in [5.41, 5.74) is 1.40. The average Bonchev–Trinajstić information content (AvgIpc) is 2.92. The van der Waals surface area contributed by atoms with Crippen LogP contribution in [0.1, 0.15) is 43.0 Å². The van der Waals surface area contributed by atoms with E-state index < -0.39 is 0 Å². The van der Waals surface area contributed by atoms with E-state index in [4.69, 9.17) is 0 Å². The first-order valence-corrected chi connectivity index (χ1v) is 6.47. The van der Waals surface area contributed by atoms with Crippen molar-refractivity contribution < 1.29 is 4.79 Å². The number of benzene rings is 1. The van der Waals surface area contributed by atoms with Crippen molar-refractivity contribution in [2.24, 2.45) is 0 Å². The van der Waals surface area contributed by atoms with Gasteiger partial charge in [-0.1, -0.05) is 17.3 Å². The highest BCUT2D eigenvalue weighted by atomic mass is 16.1. The van der Waals surface area contributed by atoms with Crippen LogP contribution < -0.4 is 10.6 Å². The predicted octanol–water partition coefficient (Wildman–Crippen LogP) is 1.51. The molecule has 1 aromatic heterocycles. The van der Waals surface area contributed by atoms with Crippen LogP contribution in [0, 0.1) is 0 Å². The third-order valence-corrected chi connectivity index (χ3v) is 2.71. The molecule has 1 atom stereocenters. The van der Waals surface area contributed by atoms with E-state index in [1.165, 1.54) is 0 Å². The first kappa shape index (κ1) is 14.0. The molecule has 0 aliphatic carbocycles. The maximum Gasteiger partial charge on any atom is 0.253 e. The number of nitrogens with zero attached hydrogens (tertiary/aromatic N) is 3. The summed E-state index contributed by atoms with van der Waals surface area (Å²) < 4.78 is 0. The van der Waals surface area contributed by atoms with Crippen LogP contribution in [0.4, 0.5) is 5.69 Å². The van der Waals surface area contributed by atoms with Crippen molar-refractivity contribution in [3.8, 4) is 0 Å². The lowest BCUT2D eigenvalue weighted by molar-refractivity contribution is 0.0939. The van der Waals surface area contributed by atoms with Gasteiger partial charge in [-0.15, -0.1) is 10.2 Å². The van der Waals surface area contributed by atoms with E-state index in [0.29, 0.717) is 11.4 Å². The second-order valence-corrected chi connectivity index (χ2v) is 4.81. The Kier molecular flexibility index (Phi) is 4.29. The van der Waals surface area contributed by atoms with E-state index in [-0.39, 0.29) is 18.0 Å². The zero-order valence-electron chi connectivity index (χ0n) is 11.7. The summed E-state index contributed by atoms with van der Waals surface area (Å²) in [5.74, 6) is 0.277. The summed E-state index contributed by atoms with van der Waals surface area (Å²) in [7, 11) is 0. The van der Waals surface area contributed by atoms with Gasteiger partial charge in [0, 0.05) is 11.7 Å². The predicted molar refractivity (Wildman–Crippen MR) is 75.3 cm³/mol. The fourth-order valence-electron chi connectivity index (χ4n) is 1.81. The summed E-state index contributed by atoms with van der Waals surface area (Å²) in [6, 6.07) is 7.33. The van der Waals surface area contributed by atoms with Gasteiger partial charge in [-0.3, -0.25) is 4.79 Å². The second-order valence-electron chi connectivity index (χ2n) is 4.81. The smallest absolute Gasteiger partial charge is 0.253 e. The zero-order chi connectivity index (χ0) is 14.5. The van der Waals surface area contributed by atoms with Gasteiger partial charge in [0.05, 0.1) is 11.6 Å². The Balaban J connectivity index is 2.13. The van der Waals surface area contributed by atoms with Gasteiger partial charge < -0.3 is 10.6 Å². The van der Waals surface area contributed by atoms with E-state index in [1.54, 1.807) is 13.0 Å². The Morgan fingerprint density at radius 3 is 2.65 bits per heavy atom. The number of amides is 1. The molecule has 1 heterocycles. The maximum atomic E-state index is 12.3. The monoisotopic (exact) mass is 274 g/mol. The van der Waals surface area contributed by atoms with Crippen molar-refractivity contribution >= 4 is 11.6 Å². The van der Waals surface area contributed by atoms with Gasteiger partial charge in [0.1, 0.15) is 0 Å². The molecule has 3 N–H and O–H groups in total. The molecule has 7 nitrogen and oxygen atoms in total. The van der Waals surface area contributed by atoms with Crippen molar-refractivity contribution in [2.75, 3.05) is 5.32 Å². The highest BCUT2D eigenvalue weighted by molar-refractivity contribution is 5.99. The summed E-state index contributed by atoms with van der Waals surface area (Å²) in [6.45, 7) is 5.86. The lowest BCUT2D eigenvalue weighted by atomic mass is 10.1. The highest BCUT2D eigenvalue weighted by Gasteiger charge is 2.17. The fourth-order valence-corrected chi connectivity index (χ4v) is 1.81. The van der Waals surface area contributed by atoms with Crippen molar-refractivity contribution in [3.05, 3.63) is 35.7 Å². The molecule has 1 aromatic carbocycles.